The minimum absolute atomic E-state index is 0.0817. The Hall–Kier alpha value is -2.54. The summed E-state index contributed by atoms with van der Waals surface area (Å²) in [5.41, 5.74) is -4.15. The lowest BCUT2D eigenvalue weighted by Gasteiger charge is -2.26. The Morgan fingerprint density at radius 1 is 1.32 bits per heavy atom. The third-order valence-electron chi connectivity index (χ3n) is 5.63. The molecule has 1 aliphatic rings. The van der Waals surface area contributed by atoms with E-state index in [9.17, 15) is 24.1 Å². The molecule has 210 valence electrons. The molecule has 0 bridgehead atoms. The molecule has 1 aromatic heterocycles. The van der Waals surface area contributed by atoms with Gasteiger partial charge in [-0.15, -0.1) is 0 Å². The third-order valence-corrected chi connectivity index (χ3v) is 7.45. The van der Waals surface area contributed by atoms with E-state index in [0.29, 0.717) is 5.02 Å². The van der Waals surface area contributed by atoms with E-state index in [4.69, 9.17) is 30.1 Å². The van der Waals surface area contributed by atoms with Gasteiger partial charge in [0.15, 0.2) is 11.9 Å². The highest BCUT2D eigenvalue weighted by molar-refractivity contribution is 7.52. The number of nitrogens with one attached hydrogen (secondary N) is 2. The lowest BCUT2D eigenvalue weighted by atomic mass is 9.98. The number of rotatable bonds is 11. The van der Waals surface area contributed by atoms with Crippen LogP contribution < -0.4 is 20.9 Å². The van der Waals surface area contributed by atoms with Gasteiger partial charge in [-0.1, -0.05) is 18.5 Å². The SMILES string of the molecule is CC[C@H](NP(=O)(OC[C@H]1O[C@@H](n2ccc(=O)[nH]c2=O)[C@](C)(F)[C@@H]1O)Oc1ccc(Cl)cc1)C(=O)OC(C)C. The topological polar surface area (TPSA) is 158 Å². The Kier molecular flexibility index (Phi) is 9.56. The van der Waals surface area contributed by atoms with Crippen LogP contribution in [-0.2, 0) is 23.4 Å². The Morgan fingerprint density at radius 2 is 1.97 bits per heavy atom. The van der Waals surface area contributed by atoms with Crippen molar-refractivity contribution in [2.45, 2.75) is 70.4 Å². The summed E-state index contributed by atoms with van der Waals surface area (Å²) in [6, 6.07) is 5.71. The minimum Gasteiger partial charge on any atom is -0.462 e. The largest absolute Gasteiger partial charge is 0.462 e. The molecule has 0 aliphatic carbocycles. The number of nitrogens with zero attached hydrogens (tertiary/aromatic N) is 1. The van der Waals surface area contributed by atoms with E-state index in [0.717, 1.165) is 23.8 Å². The fourth-order valence-electron chi connectivity index (χ4n) is 3.67. The summed E-state index contributed by atoms with van der Waals surface area (Å²) in [5, 5.41) is 13.6. The number of halogens is 2. The normalized spacial score (nSPS) is 25.6. The smallest absolute Gasteiger partial charge is 0.459 e. The second-order valence-electron chi connectivity index (χ2n) is 9.05. The number of hydrogen-bond donors (Lipinski definition) is 3. The van der Waals surface area contributed by atoms with Crippen molar-refractivity contribution in [1.82, 2.24) is 14.6 Å². The average Bonchev–Trinajstić information content (AvgIpc) is 3.06. The molecule has 12 nitrogen and oxygen atoms in total. The Labute approximate surface area is 222 Å². The summed E-state index contributed by atoms with van der Waals surface area (Å²) >= 11 is 5.90. The summed E-state index contributed by atoms with van der Waals surface area (Å²) in [4.78, 5) is 38.1. The molecule has 2 aromatic rings. The predicted octanol–water partition coefficient (Wildman–Crippen LogP) is 2.70. The van der Waals surface area contributed by atoms with Gasteiger partial charge in [0.2, 0.25) is 0 Å². The minimum atomic E-state index is -4.38. The zero-order chi connectivity index (χ0) is 28.3. The molecule has 3 N–H and O–H groups in total. The number of aromatic amines is 1. The second kappa shape index (κ2) is 12.1. The van der Waals surface area contributed by atoms with Gasteiger partial charge >= 0.3 is 19.4 Å². The highest BCUT2D eigenvalue weighted by Gasteiger charge is 2.56. The molecule has 0 spiro atoms. The number of esters is 1. The van der Waals surface area contributed by atoms with Crippen molar-refractivity contribution in [3.8, 4) is 5.75 Å². The van der Waals surface area contributed by atoms with E-state index in [1.54, 1.807) is 20.8 Å². The number of benzene rings is 1. The maximum Gasteiger partial charge on any atom is 0.459 e. The summed E-state index contributed by atoms with van der Waals surface area (Å²) in [7, 11) is -4.38. The molecule has 15 heteroatoms. The van der Waals surface area contributed by atoms with E-state index in [-0.39, 0.29) is 12.2 Å². The first kappa shape index (κ1) is 30.0. The summed E-state index contributed by atoms with van der Waals surface area (Å²) in [6.07, 6.45) is -4.13. The second-order valence-corrected chi connectivity index (χ2v) is 11.2. The van der Waals surface area contributed by atoms with Crippen LogP contribution in [0.15, 0.2) is 46.1 Å². The quantitative estimate of drug-likeness (QED) is 0.268. The number of alkyl halides is 1. The first-order chi connectivity index (χ1) is 17.8. The van der Waals surface area contributed by atoms with Crippen LogP contribution in [0.1, 0.15) is 40.3 Å². The molecule has 1 unspecified atom stereocenters. The number of carbonyl (C=O) groups excluding carboxylic acids is 1. The third kappa shape index (κ3) is 7.10. The molecule has 6 atom stereocenters. The molecule has 1 aliphatic heterocycles. The van der Waals surface area contributed by atoms with Gasteiger partial charge in [-0.25, -0.2) is 13.8 Å². The number of hydrogen-bond acceptors (Lipinski definition) is 9. The van der Waals surface area contributed by atoms with Crippen molar-refractivity contribution >= 4 is 25.3 Å². The molecule has 38 heavy (non-hydrogen) atoms. The first-order valence-electron chi connectivity index (χ1n) is 11.8. The standard InChI is InChI=1S/C23H30ClFN3O9P/c1-5-16(20(31)35-13(2)3)27-38(33,37-15-8-6-14(24)7-9-15)34-12-17-19(30)23(4,25)21(36-17)28-11-10-18(29)26-22(28)32/h6-11,13,16-17,19,21,30H,5,12H2,1-4H3,(H,27,33)(H,26,29,32)/t16-,17+,19+,21+,23+,38?/m0/s1. The van der Waals surface area contributed by atoms with Gasteiger partial charge in [0, 0.05) is 17.3 Å². The summed E-state index contributed by atoms with van der Waals surface area (Å²) in [6.45, 7) is 5.31. The van der Waals surface area contributed by atoms with Crippen LogP contribution in [0.25, 0.3) is 0 Å². The number of aromatic nitrogens is 2. The van der Waals surface area contributed by atoms with Crippen molar-refractivity contribution in [3.63, 3.8) is 0 Å². The molecule has 3 rings (SSSR count). The van der Waals surface area contributed by atoms with E-state index < -0.39 is 67.8 Å². The molecule has 2 heterocycles. The van der Waals surface area contributed by atoms with E-state index in [1.165, 1.54) is 24.3 Å². The van der Waals surface area contributed by atoms with Crippen molar-refractivity contribution in [3.05, 3.63) is 62.4 Å². The highest BCUT2D eigenvalue weighted by Crippen LogP contribution is 2.47. The van der Waals surface area contributed by atoms with Crippen molar-refractivity contribution in [1.29, 1.82) is 0 Å². The maximum absolute atomic E-state index is 15.5. The van der Waals surface area contributed by atoms with E-state index in [2.05, 4.69) is 5.09 Å². The fraction of sp³-hybridized carbons (Fsp3) is 0.522. The summed E-state index contributed by atoms with van der Waals surface area (Å²) in [5.74, 6) is -0.616. The number of aliphatic hydroxyl groups excluding tert-OH is 1. The van der Waals surface area contributed by atoms with Gasteiger partial charge in [0.05, 0.1) is 12.7 Å². The molecule has 1 aromatic carbocycles. The number of aliphatic hydroxyl groups is 1. The highest BCUT2D eigenvalue weighted by atomic mass is 35.5. The monoisotopic (exact) mass is 577 g/mol. The van der Waals surface area contributed by atoms with Gasteiger partial charge in [0.1, 0.15) is 24.0 Å². The van der Waals surface area contributed by atoms with Crippen LogP contribution >= 0.6 is 19.3 Å². The van der Waals surface area contributed by atoms with Crippen molar-refractivity contribution < 1.29 is 37.4 Å². The van der Waals surface area contributed by atoms with Crippen LogP contribution in [0, 0.1) is 0 Å². The van der Waals surface area contributed by atoms with Crippen LogP contribution in [0.2, 0.25) is 5.02 Å². The number of ether oxygens (including phenoxy) is 2. The van der Waals surface area contributed by atoms with Crippen molar-refractivity contribution in [2.75, 3.05) is 6.61 Å². The molecule has 0 saturated carbocycles. The number of carbonyl (C=O) groups is 1. The Bertz CT molecular complexity index is 1280. The predicted molar refractivity (Wildman–Crippen MR) is 135 cm³/mol. The van der Waals surface area contributed by atoms with Crippen LogP contribution in [0.4, 0.5) is 4.39 Å². The molecule has 1 fully saturated rings. The van der Waals surface area contributed by atoms with E-state index in [1.807, 2.05) is 4.98 Å². The Balaban J connectivity index is 1.84. The zero-order valence-corrected chi connectivity index (χ0v) is 22.8. The van der Waals surface area contributed by atoms with Crippen LogP contribution in [0.3, 0.4) is 0 Å². The number of H-pyrrole nitrogens is 1. The van der Waals surface area contributed by atoms with E-state index >= 15 is 4.39 Å². The lowest BCUT2D eigenvalue weighted by Crippen LogP contribution is -2.44. The molecular weight excluding hydrogens is 548 g/mol. The van der Waals surface area contributed by atoms with Gasteiger partial charge < -0.3 is 19.1 Å². The summed E-state index contributed by atoms with van der Waals surface area (Å²) < 4.78 is 51.9. The molecule has 0 amide bonds. The van der Waals surface area contributed by atoms with Crippen LogP contribution in [-0.4, -0.2) is 57.3 Å². The maximum atomic E-state index is 15.5. The van der Waals surface area contributed by atoms with Crippen LogP contribution in [0.5, 0.6) is 5.75 Å². The Morgan fingerprint density at radius 3 is 2.55 bits per heavy atom. The van der Waals surface area contributed by atoms with Gasteiger partial charge in [-0.2, -0.15) is 5.09 Å². The van der Waals surface area contributed by atoms with Gasteiger partial charge in [-0.3, -0.25) is 23.7 Å². The molecule has 0 radical (unpaired) electrons. The van der Waals surface area contributed by atoms with Crippen molar-refractivity contribution in [2.24, 2.45) is 0 Å². The fourth-order valence-corrected chi connectivity index (χ4v) is 5.39. The lowest BCUT2D eigenvalue weighted by molar-refractivity contribution is -0.149. The van der Waals surface area contributed by atoms with Gasteiger partial charge in [-0.05, 0) is 51.5 Å². The molecule has 1 saturated heterocycles. The first-order valence-corrected chi connectivity index (χ1v) is 13.7. The zero-order valence-electron chi connectivity index (χ0n) is 21.1. The van der Waals surface area contributed by atoms with Gasteiger partial charge in [0.25, 0.3) is 5.56 Å². The molecular formula is C23H30ClFN3O9P. The average molecular weight is 578 g/mol.